The van der Waals surface area contributed by atoms with Crippen LogP contribution >= 0.6 is 0 Å². The van der Waals surface area contributed by atoms with Crippen molar-refractivity contribution in [2.24, 2.45) is 0 Å². The highest BCUT2D eigenvalue weighted by Gasteiger charge is 2.18. The first-order chi connectivity index (χ1) is 26.2. The van der Waals surface area contributed by atoms with Gasteiger partial charge >= 0.3 is 0 Å². The Morgan fingerprint density at radius 3 is 1.87 bits per heavy atom. The molecule has 0 fully saturated rings. The Morgan fingerprint density at radius 1 is 0.528 bits per heavy atom. The highest BCUT2D eigenvalue weighted by atomic mass is 15.1. The molecule has 0 spiro atoms. The zero-order chi connectivity index (χ0) is 35.3. The van der Waals surface area contributed by atoms with Crippen molar-refractivity contribution in [3.05, 3.63) is 187 Å². The van der Waals surface area contributed by atoms with Crippen molar-refractivity contribution in [3.63, 3.8) is 0 Å². The molecule has 0 saturated heterocycles. The molecule has 0 radical (unpaired) electrons. The Bertz CT molecular complexity index is 2940. The number of aromatic nitrogens is 2. The number of rotatable bonds is 5. The molecule has 248 valence electrons. The molecule has 3 nitrogen and oxygen atoms in total. The molecule has 1 aliphatic carbocycles. The number of aryl methyl sites for hydroxylation is 1. The first kappa shape index (κ1) is 30.8. The molecule has 0 unspecified atom stereocenters. The van der Waals surface area contributed by atoms with Gasteiger partial charge in [-0.3, -0.25) is 4.57 Å². The van der Waals surface area contributed by atoms with Crippen molar-refractivity contribution in [1.82, 2.24) is 9.55 Å². The van der Waals surface area contributed by atoms with E-state index in [2.05, 4.69) is 162 Å². The lowest BCUT2D eigenvalue weighted by molar-refractivity contribution is 0.990. The Morgan fingerprint density at radius 2 is 1.13 bits per heavy atom. The summed E-state index contributed by atoms with van der Waals surface area (Å²) in [6.07, 6.45) is 6.61. The van der Waals surface area contributed by atoms with Gasteiger partial charge in [0.25, 0.3) is 0 Å². The minimum atomic E-state index is 0.657. The predicted octanol–water partition coefficient (Wildman–Crippen LogP) is 12.8. The quantitative estimate of drug-likeness (QED) is 0.182. The lowest BCUT2D eigenvalue weighted by Crippen LogP contribution is -1.97. The number of para-hydroxylation sites is 3. The molecule has 0 amide bonds. The molecule has 0 aliphatic heterocycles. The van der Waals surface area contributed by atoms with Crippen LogP contribution in [0.5, 0.6) is 0 Å². The maximum Gasteiger partial charge on any atom is 0.145 e. The van der Waals surface area contributed by atoms with E-state index >= 15 is 0 Å². The maximum absolute atomic E-state index is 10.3. The number of imidazole rings is 1. The summed E-state index contributed by atoms with van der Waals surface area (Å²) < 4.78 is 2.24. The molecule has 9 aromatic rings. The molecule has 0 atom stereocenters. The second-order valence-corrected chi connectivity index (χ2v) is 13.8. The van der Waals surface area contributed by atoms with Gasteiger partial charge in [-0.05, 0) is 127 Å². The van der Waals surface area contributed by atoms with E-state index in [1.165, 1.54) is 32.8 Å². The summed E-state index contributed by atoms with van der Waals surface area (Å²) in [5, 5.41) is 15.1. The second-order valence-electron chi connectivity index (χ2n) is 13.8. The van der Waals surface area contributed by atoms with E-state index in [0.717, 1.165) is 74.2 Å². The Kier molecular flexibility index (Phi) is 7.34. The fourth-order valence-corrected chi connectivity index (χ4v) is 8.20. The van der Waals surface area contributed by atoms with Gasteiger partial charge in [0.05, 0.1) is 22.7 Å². The Labute approximate surface area is 308 Å². The van der Waals surface area contributed by atoms with Crippen molar-refractivity contribution in [3.8, 4) is 56.5 Å². The van der Waals surface area contributed by atoms with E-state index in [4.69, 9.17) is 4.98 Å². The summed E-state index contributed by atoms with van der Waals surface area (Å²) in [4.78, 5) is 5.07. The normalized spacial score (nSPS) is 12.3. The van der Waals surface area contributed by atoms with Crippen LogP contribution in [0.15, 0.2) is 170 Å². The monoisotopic (exact) mass is 675 g/mol. The number of benzene rings is 8. The van der Waals surface area contributed by atoms with Crippen LogP contribution in [-0.4, -0.2) is 9.55 Å². The molecule has 1 heterocycles. The van der Waals surface area contributed by atoms with Gasteiger partial charge in [0.2, 0.25) is 0 Å². The SMILES string of the molecule is N#Cc1cc(-c2ccc(-c3ccc(-c4nc5ccccc5n4-c4ccccc4)cc3)c3ccccc23)cc(-c2cc3c(c4ccccc24)C=CCC3)c1. The van der Waals surface area contributed by atoms with E-state index in [9.17, 15) is 5.26 Å². The van der Waals surface area contributed by atoms with Crippen LogP contribution in [0.1, 0.15) is 23.1 Å². The molecule has 10 rings (SSSR count). The standard InChI is InChI=1S/C50H33N3/c51-32-33-28-37(30-38(29-33)47-31-36-12-4-5-15-40(36)43-16-8-9-19-46(43)47)42-27-26-41(44-17-6-7-18-45(42)44)34-22-24-35(25-23-34)50-52-48-20-10-11-21-49(48)53(50)39-13-2-1-3-14-39/h1-3,5-11,13-31H,4,12H2. The Balaban J connectivity index is 1.08. The largest absolute Gasteiger partial charge is 0.292 e. The number of hydrogen-bond donors (Lipinski definition) is 0. The molecule has 8 aromatic carbocycles. The zero-order valence-corrected chi connectivity index (χ0v) is 29.0. The third-order valence-electron chi connectivity index (χ3n) is 10.7. The van der Waals surface area contributed by atoms with Crippen LogP contribution in [0.3, 0.4) is 0 Å². The number of nitrogens with zero attached hydrogens (tertiary/aromatic N) is 3. The molecular weight excluding hydrogens is 643 g/mol. The maximum atomic E-state index is 10.3. The van der Waals surface area contributed by atoms with E-state index in [-0.39, 0.29) is 0 Å². The number of hydrogen-bond acceptors (Lipinski definition) is 2. The first-order valence-electron chi connectivity index (χ1n) is 18.2. The van der Waals surface area contributed by atoms with Crippen LogP contribution in [0, 0.1) is 11.3 Å². The number of fused-ring (bicyclic) bond motifs is 5. The van der Waals surface area contributed by atoms with Crippen LogP contribution < -0.4 is 0 Å². The average molecular weight is 676 g/mol. The summed E-state index contributed by atoms with van der Waals surface area (Å²) in [7, 11) is 0. The minimum absolute atomic E-state index is 0.657. The van der Waals surface area contributed by atoms with Crippen molar-refractivity contribution in [2.45, 2.75) is 12.8 Å². The van der Waals surface area contributed by atoms with Crippen molar-refractivity contribution in [2.75, 3.05) is 0 Å². The molecular formula is C50H33N3. The summed E-state index contributed by atoms with van der Waals surface area (Å²) in [6, 6.07) is 60.4. The van der Waals surface area contributed by atoms with Crippen LogP contribution in [0.2, 0.25) is 0 Å². The predicted molar refractivity (Wildman–Crippen MR) is 220 cm³/mol. The minimum Gasteiger partial charge on any atom is -0.292 e. The number of nitriles is 1. The highest BCUT2D eigenvalue weighted by molar-refractivity contribution is 6.07. The zero-order valence-electron chi connectivity index (χ0n) is 29.0. The molecule has 0 saturated carbocycles. The summed E-state index contributed by atoms with van der Waals surface area (Å²) in [5.74, 6) is 0.917. The van der Waals surface area contributed by atoms with E-state index in [1.54, 1.807) is 0 Å². The topological polar surface area (TPSA) is 41.6 Å². The van der Waals surface area contributed by atoms with Gasteiger partial charge < -0.3 is 0 Å². The van der Waals surface area contributed by atoms with Gasteiger partial charge in [-0.25, -0.2) is 4.98 Å². The summed E-state index contributed by atoms with van der Waals surface area (Å²) >= 11 is 0. The molecule has 0 bridgehead atoms. The smallest absolute Gasteiger partial charge is 0.145 e. The molecule has 0 N–H and O–H groups in total. The van der Waals surface area contributed by atoms with Crippen LogP contribution in [-0.2, 0) is 6.42 Å². The van der Waals surface area contributed by atoms with E-state index < -0.39 is 0 Å². The van der Waals surface area contributed by atoms with Gasteiger partial charge in [0.1, 0.15) is 5.82 Å². The highest BCUT2D eigenvalue weighted by Crippen LogP contribution is 2.41. The first-order valence-corrected chi connectivity index (χ1v) is 18.2. The lowest BCUT2D eigenvalue weighted by Gasteiger charge is -2.18. The molecule has 1 aromatic heterocycles. The molecule has 3 heteroatoms. The van der Waals surface area contributed by atoms with Gasteiger partial charge in [0.15, 0.2) is 0 Å². The number of allylic oxidation sites excluding steroid dienone is 1. The fraction of sp³-hybridized carbons (Fsp3) is 0.0400. The van der Waals surface area contributed by atoms with Gasteiger partial charge in [-0.2, -0.15) is 5.26 Å². The summed E-state index contributed by atoms with van der Waals surface area (Å²) in [5.41, 5.74) is 14.2. The van der Waals surface area contributed by atoms with Gasteiger partial charge in [-0.1, -0.05) is 127 Å². The summed E-state index contributed by atoms with van der Waals surface area (Å²) in [6.45, 7) is 0. The van der Waals surface area contributed by atoms with Crippen molar-refractivity contribution in [1.29, 1.82) is 5.26 Å². The van der Waals surface area contributed by atoms with E-state index in [0.29, 0.717) is 5.56 Å². The second kappa shape index (κ2) is 12.6. The van der Waals surface area contributed by atoms with Crippen LogP contribution in [0.4, 0.5) is 0 Å². The molecule has 53 heavy (non-hydrogen) atoms. The Hall–Kier alpha value is -7.02. The van der Waals surface area contributed by atoms with Crippen molar-refractivity contribution >= 4 is 38.7 Å². The van der Waals surface area contributed by atoms with Crippen molar-refractivity contribution < 1.29 is 0 Å². The van der Waals surface area contributed by atoms with Crippen LogP contribution in [0.25, 0.3) is 89.1 Å². The molecule has 1 aliphatic rings. The van der Waals surface area contributed by atoms with Gasteiger partial charge in [0, 0.05) is 11.3 Å². The third-order valence-corrected chi connectivity index (χ3v) is 10.7. The van der Waals surface area contributed by atoms with E-state index in [1.807, 2.05) is 24.3 Å². The lowest BCUT2D eigenvalue weighted by atomic mass is 9.85. The third kappa shape index (κ3) is 5.24. The fourth-order valence-electron chi connectivity index (χ4n) is 8.20. The van der Waals surface area contributed by atoms with Gasteiger partial charge in [-0.15, -0.1) is 0 Å². The average Bonchev–Trinajstić information content (AvgIpc) is 3.63.